The molecule has 1 spiro atoms. The van der Waals surface area contributed by atoms with E-state index < -0.39 is 40.8 Å². The van der Waals surface area contributed by atoms with E-state index in [1.807, 2.05) is 0 Å². The first kappa shape index (κ1) is 27.5. The van der Waals surface area contributed by atoms with Crippen LogP contribution in [0, 0.1) is 17.0 Å². The van der Waals surface area contributed by atoms with Crippen molar-refractivity contribution in [3.8, 4) is 17.3 Å². The quantitative estimate of drug-likeness (QED) is 0.305. The standard InChI is InChI=1S/C27H22F5N7O3/c28-18-2-1-6-35-24(18)39-22(27(30,31)32)16(9-36-39)25(40)37-15-3-4-21(19(29)8-15)42-20-5-7-34-23(33)17(20)10-38-11-26(12-38)13-41-14-26/h1-9H,10-14H2,(H2,33,34)(H,37,40). The van der Waals surface area contributed by atoms with Gasteiger partial charge in [0.1, 0.15) is 11.6 Å². The van der Waals surface area contributed by atoms with E-state index in [1.165, 1.54) is 24.4 Å². The average molecular weight is 588 g/mol. The first-order valence-electron chi connectivity index (χ1n) is 12.6. The number of halogens is 5. The molecule has 15 heteroatoms. The summed E-state index contributed by atoms with van der Waals surface area (Å²) < 4.78 is 82.3. The Morgan fingerprint density at radius 1 is 1.07 bits per heavy atom. The molecule has 3 N–H and O–H groups in total. The lowest BCUT2D eigenvalue weighted by molar-refractivity contribution is -0.191. The summed E-state index contributed by atoms with van der Waals surface area (Å²) in [6.45, 7) is 3.52. The molecule has 0 aliphatic carbocycles. The maximum absolute atomic E-state index is 15.1. The second kappa shape index (κ2) is 10.3. The summed E-state index contributed by atoms with van der Waals surface area (Å²) in [6, 6.07) is 7.01. The molecule has 0 unspecified atom stereocenters. The molecule has 0 saturated carbocycles. The molecule has 2 fully saturated rings. The molecule has 5 heterocycles. The van der Waals surface area contributed by atoms with Crippen LogP contribution in [0.5, 0.6) is 11.5 Å². The highest BCUT2D eigenvalue weighted by Crippen LogP contribution is 2.40. The number of nitrogen functional groups attached to an aromatic ring is 1. The van der Waals surface area contributed by atoms with Crippen molar-refractivity contribution in [2.75, 3.05) is 37.4 Å². The number of ether oxygens (including phenoxy) is 2. The van der Waals surface area contributed by atoms with Crippen LogP contribution in [0.15, 0.2) is 55.0 Å². The fourth-order valence-corrected chi connectivity index (χ4v) is 5.02. The van der Waals surface area contributed by atoms with Crippen molar-refractivity contribution < 1.29 is 36.2 Å². The van der Waals surface area contributed by atoms with Crippen molar-refractivity contribution in [2.45, 2.75) is 12.7 Å². The van der Waals surface area contributed by atoms with Gasteiger partial charge in [-0.05, 0) is 30.3 Å². The number of nitrogens with one attached hydrogen (secondary N) is 1. The normalized spacial score (nSPS) is 16.1. The van der Waals surface area contributed by atoms with E-state index in [9.17, 15) is 22.4 Å². The lowest BCUT2D eigenvalue weighted by Crippen LogP contribution is -2.65. The third kappa shape index (κ3) is 5.12. The molecule has 218 valence electrons. The molecule has 2 aliphatic rings. The second-order valence-electron chi connectivity index (χ2n) is 10.1. The maximum atomic E-state index is 15.1. The van der Waals surface area contributed by atoms with Crippen LogP contribution in [0.1, 0.15) is 21.6 Å². The van der Waals surface area contributed by atoms with E-state index in [0.29, 0.717) is 31.5 Å². The Balaban J connectivity index is 1.20. The maximum Gasteiger partial charge on any atom is 0.434 e. The summed E-state index contributed by atoms with van der Waals surface area (Å²) >= 11 is 0. The highest BCUT2D eigenvalue weighted by atomic mass is 19.4. The predicted molar refractivity (Wildman–Crippen MR) is 138 cm³/mol. The van der Waals surface area contributed by atoms with E-state index in [2.05, 4.69) is 25.3 Å². The highest BCUT2D eigenvalue weighted by Gasteiger charge is 2.49. The number of alkyl halides is 3. The molecular formula is C27H22F5N7O3. The number of hydrogen-bond donors (Lipinski definition) is 2. The zero-order chi connectivity index (χ0) is 29.6. The number of nitrogens with two attached hydrogens (primary N) is 1. The Labute approximate surface area is 234 Å². The minimum atomic E-state index is -5.09. The molecule has 42 heavy (non-hydrogen) atoms. The topological polar surface area (TPSA) is 120 Å². The fraction of sp³-hybridized carbons (Fsp3) is 0.259. The molecule has 0 radical (unpaired) electrons. The number of carbonyl (C=O) groups is 1. The van der Waals surface area contributed by atoms with Gasteiger partial charge in [0.2, 0.25) is 0 Å². The third-order valence-electron chi connectivity index (χ3n) is 6.99. The van der Waals surface area contributed by atoms with Crippen LogP contribution in [-0.4, -0.2) is 56.9 Å². The molecule has 2 aliphatic heterocycles. The van der Waals surface area contributed by atoms with E-state index >= 15 is 4.39 Å². The molecule has 3 aromatic heterocycles. The molecule has 4 aromatic rings. The van der Waals surface area contributed by atoms with Gasteiger partial charge < -0.3 is 20.5 Å². The number of pyridine rings is 2. The van der Waals surface area contributed by atoms with Crippen molar-refractivity contribution in [1.29, 1.82) is 0 Å². The van der Waals surface area contributed by atoms with E-state index in [1.54, 1.807) is 6.07 Å². The minimum absolute atomic E-state index is 0.155. The molecule has 0 atom stereocenters. The van der Waals surface area contributed by atoms with Crippen molar-refractivity contribution in [1.82, 2.24) is 24.6 Å². The van der Waals surface area contributed by atoms with E-state index in [-0.39, 0.29) is 33.1 Å². The number of rotatable bonds is 7. The molecular weight excluding hydrogens is 565 g/mol. The number of amides is 1. The van der Waals surface area contributed by atoms with Crippen LogP contribution >= 0.6 is 0 Å². The number of likely N-dealkylation sites (tertiary alicyclic amines) is 1. The average Bonchev–Trinajstić information content (AvgIpc) is 3.34. The SMILES string of the molecule is Nc1nccc(Oc2ccc(NC(=O)c3cnn(-c4ncccc4F)c3C(F)(F)F)cc2F)c1CN1CC2(COC2)C1. The summed E-state index contributed by atoms with van der Waals surface area (Å²) in [4.78, 5) is 22.7. The second-order valence-corrected chi connectivity index (χ2v) is 10.1. The Morgan fingerprint density at radius 2 is 1.86 bits per heavy atom. The molecule has 6 rings (SSSR count). The number of benzene rings is 1. The third-order valence-corrected chi connectivity index (χ3v) is 6.99. The minimum Gasteiger partial charge on any atom is -0.454 e. The number of anilines is 2. The zero-order valence-corrected chi connectivity index (χ0v) is 21.7. The van der Waals surface area contributed by atoms with Crippen molar-refractivity contribution >= 4 is 17.4 Å². The number of carbonyl (C=O) groups excluding carboxylic acids is 1. The lowest BCUT2D eigenvalue weighted by atomic mass is 9.78. The zero-order valence-electron chi connectivity index (χ0n) is 21.7. The first-order valence-corrected chi connectivity index (χ1v) is 12.6. The summed E-state index contributed by atoms with van der Waals surface area (Å²) in [6.07, 6.45) is -1.95. The summed E-state index contributed by atoms with van der Waals surface area (Å²) in [5.74, 6) is -3.64. The number of aromatic nitrogens is 4. The fourth-order valence-electron chi connectivity index (χ4n) is 5.02. The van der Waals surface area contributed by atoms with Gasteiger partial charge in [0, 0.05) is 49.2 Å². The number of hydrogen-bond acceptors (Lipinski definition) is 8. The molecule has 2 saturated heterocycles. The van der Waals surface area contributed by atoms with Crippen LogP contribution in [-0.2, 0) is 17.5 Å². The Bertz CT molecular complexity index is 1660. The van der Waals surface area contributed by atoms with E-state index in [0.717, 1.165) is 31.4 Å². The Kier molecular flexibility index (Phi) is 6.77. The summed E-state index contributed by atoms with van der Waals surface area (Å²) in [5, 5.41) is 5.74. The van der Waals surface area contributed by atoms with Crippen LogP contribution in [0.4, 0.5) is 33.5 Å². The van der Waals surface area contributed by atoms with Crippen LogP contribution < -0.4 is 15.8 Å². The molecule has 1 amide bonds. The van der Waals surface area contributed by atoms with Gasteiger partial charge in [0.25, 0.3) is 5.91 Å². The summed E-state index contributed by atoms with van der Waals surface area (Å²) in [5.41, 5.74) is 4.23. The van der Waals surface area contributed by atoms with Gasteiger partial charge in [0.15, 0.2) is 28.9 Å². The van der Waals surface area contributed by atoms with Gasteiger partial charge in [-0.3, -0.25) is 9.69 Å². The number of nitrogens with zero attached hydrogens (tertiary/aromatic N) is 5. The molecule has 1 aromatic carbocycles. The Hall–Kier alpha value is -4.63. The summed E-state index contributed by atoms with van der Waals surface area (Å²) in [7, 11) is 0. The van der Waals surface area contributed by atoms with Crippen LogP contribution in [0.3, 0.4) is 0 Å². The van der Waals surface area contributed by atoms with Gasteiger partial charge in [-0.2, -0.15) is 18.3 Å². The van der Waals surface area contributed by atoms with E-state index in [4.69, 9.17) is 15.2 Å². The van der Waals surface area contributed by atoms with Gasteiger partial charge in [-0.1, -0.05) is 0 Å². The Morgan fingerprint density at radius 3 is 2.52 bits per heavy atom. The van der Waals surface area contributed by atoms with Gasteiger partial charge in [-0.25, -0.2) is 23.4 Å². The van der Waals surface area contributed by atoms with Crippen molar-refractivity contribution in [2.24, 2.45) is 5.41 Å². The monoisotopic (exact) mass is 587 g/mol. The van der Waals surface area contributed by atoms with Gasteiger partial charge in [-0.15, -0.1) is 0 Å². The van der Waals surface area contributed by atoms with Crippen LogP contribution in [0.25, 0.3) is 5.82 Å². The van der Waals surface area contributed by atoms with Gasteiger partial charge in [0.05, 0.1) is 30.5 Å². The molecule has 10 nitrogen and oxygen atoms in total. The first-order chi connectivity index (χ1) is 20.0. The van der Waals surface area contributed by atoms with Crippen LogP contribution in [0.2, 0.25) is 0 Å². The smallest absolute Gasteiger partial charge is 0.434 e. The highest BCUT2D eigenvalue weighted by molar-refractivity contribution is 6.05. The lowest BCUT2D eigenvalue weighted by Gasteiger charge is -2.55. The van der Waals surface area contributed by atoms with Crippen molar-refractivity contribution in [3.05, 3.63) is 83.4 Å². The predicted octanol–water partition coefficient (Wildman–Crippen LogP) is 4.42. The largest absolute Gasteiger partial charge is 0.454 e. The van der Waals surface area contributed by atoms with Crippen molar-refractivity contribution in [3.63, 3.8) is 0 Å². The molecule has 0 bridgehead atoms. The van der Waals surface area contributed by atoms with Gasteiger partial charge >= 0.3 is 6.18 Å².